The number of unbranched alkanes of at least 4 members (excludes halogenated alkanes) is 10. The van der Waals surface area contributed by atoms with Gasteiger partial charge >= 0.3 is 35.7 Å². The molecule has 0 aliphatic rings. The number of esters is 2. The number of ether oxygens (including phenoxy) is 2. The first kappa shape index (κ1) is 28.7. The van der Waals surface area contributed by atoms with Crippen LogP contribution in [0.15, 0.2) is 24.3 Å². The van der Waals surface area contributed by atoms with E-state index in [2.05, 4.69) is 13.8 Å². The third-order valence-electron chi connectivity index (χ3n) is 4.83. The predicted octanol–water partition coefficient (Wildman–Crippen LogP) is 6.60. The minimum absolute atomic E-state index is 0.293. The molecule has 0 spiro atoms. The van der Waals surface area contributed by atoms with E-state index in [1.54, 1.807) is 24.3 Å². The molecule has 0 aliphatic heterocycles. The molecule has 0 amide bonds. The average Bonchev–Trinajstić information content (AvgIpc) is 2.79. The van der Waals surface area contributed by atoms with Gasteiger partial charge in [-0.3, -0.25) is 0 Å². The monoisotopic (exact) mass is 454 g/mol. The zero-order valence-corrected chi connectivity index (χ0v) is 20.3. The van der Waals surface area contributed by atoms with E-state index in [0.29, 0.717) is 24.3 Å². The summed E-state index contributed by atoms with van der Waals surface area (Å²) in [6, 6.07) is 6.74. The molecule has 0 radical (unpaired) electrons. The maximum absolute atomic E-state index is 12.4. The average molecular weight is 454 g/mol. The van der Waals surface area contributed by atoms with Gasteiger partial charge in [0.25, 0.3) is 0 Å². The maximum atomic E-state index is 12.4. The number of carbonyl (C=O) groups is 2. The van der Waals surface area contributed by atoms with Crippen LogP contribution < -0.4 is 0 Å². The third-order valence-corrected chi connectivity index (χ3v) is 4.83. The summed E-state index contributed by atoms with van der Waals surface area (Å²) in [5.41, 5.74) is 0.586. The fourth-order valence-corrected chi connectivity index (χ4v) is 3.09. The van der Waals surface area contributed by atoms with Crippen molar-refractivity contribution in [2.24, 2.45) is 0 Å². The molecular formula is C24H38O5Ti. The Bertz CT molecular complexity index is 527. The van der Waals surface area contributed by atoms with E-state index in [1.165, 1.54) is 51.4 Å². The number of hydrogen-bond acceptors (Lipinski definition) is 5. The van der Waals surface area contributed by atoms with Crippen LogP contribution in [0, 0.1) is 0 Å². The van der Waals surface area contributed by atoms with Gasteiger partial charge in [-0.2, -0.15) is 0 Å². The van der Waals surface area contributed by atoms with Crippen molar-refractivity contribution in [2.45, 2.75) is 90.9 Å². The van der Waals surface area contributed by atoms with Crippen LogP contribution in [-0.4, -0.2) is 25.2 Å². The van der Waals surface area contributed by atoms with Crippen LogP contribution in [0.5, 0.6) is 0 Å². The summed E-state index contributed by atoms with van der Waals surface area (Å²) in [6.07, 6.45) is 13.6. The van der Waals surface area contributed by atoms with Crippen LogP contribution in [0.3, 0.4) is 0 Å². The van der Waals surface area contributed by atoms with Crippen LogP contribution in [0.1, 0.15) is 112 Å². The third kappa shape index (κ3) is 13.8. The van der Waals surface area contributed by atoms with Gasteiger partial charge in [0.15, 0.2) is 0 Å². The molecule has 168 valence electrons. The van der Waals surface area contributed by atoms with Crippen LogP contribution in [0.2, 0.25) is 0 Å². The molecule has 0 heterocycles. The van der Waals surface area contributed by atoms with Gasteiger partial charge in [-0.05, 0) is 25.0 Å². The van der Waals surface area contributed by atoms with E-state index in [9.17, 15) is 9.59 Å². The Labute approximate surface area is 194 Å². The van der Waals surface area contributed by atoms with E-state index in [4.69, 9.17) is 12.8 Å². The number of benzene rings is 1. The molecule has 0 aromatic heterocycles. The first-order valence-electron chi connectivity index (χ1n) is 11.3. The second-order valence-corrected chi connectivity index (χ2v) is 7.35. The molecule has 1 rings (SSSR count). The second-order valence-electron chi connectivity index (χ2n) is 7.35. The van der Waals surface area contributed by atoms with E-state index < -0.39 is 11.9 Å². The molecule has 5 nitrogen and oxygen atoms in total. The molecule has 0 aliphatic carbocycles. The van der Waals surface area contributed by atoms with Crippen molar-refractivity contribution >= 4 is 11.9 Å². The Morgan fingerprint density at radius 1 is 0.633 bits per heavy atom. The summed E-state index contributed by atoms with van der Waals surface area (Å²) in [5.74, 6) is -0.888. The van der Waals surface area contributed by atoms with Crippen molar-refractivity contribution in [3.63, 3.8) is 0 Å². The normalized spacial score (nSPS) is 10.0. The van der Waals surface area contributed by atoms with Gasteiger partial charge in [0.05, 0.1) is 24.3 Å². The van der Waals surface area contributed by atoms with E-state index in [1.807, 2.05) is 0 Å². The van der Waals surface area contributed by atoms with Crippen molar-refractivity contribution in [3.05, 3.63) is 35.4 Å². The van der Waals surface area contributed by atoms with Gasteiger partial charge in [0.2, 0.25) is 0 Å². The first-order valence-corrected chi connectivity index (χ1v) is 12.0. The fourth-order valence-electron chi connectivity index (χ4n) is 3.09. The van der Waals surface area contributed by atoms with Crippen LogP contribution in [-0.2, 0) is 33.2 Å². The standard InChI is InChI=1S/C24H38O4.O.Ti/c1-3-5-7-9-11-15-19-27-23(25)21-17-13-14-18-22(21)24(26)28-20-16-12-10-8-6-4-2;;/h13-14,17-18H,3-12,15-16,19-20H2,1-2H3;;. The summed E-state index contributed by atoms with van der Waals surface area (Å²) in [4.78, 5) is 24.7. The first-order chi connectivity index (χ1) is 14.7. The number of rotatable bonds is 16. The van der Waals surface area contributed by atoms with Crippen molar-refractivity contribution < 1.29 is 42.8 Å². The Balaban J connectivity index is 0.00000407. The number of carbonyl (C=O) groups excluding carboxylic acids is 2. The molecule has 0 bridgehead atoms. The SMILES string of the molecule is CCCCCCCCOC(=O)c1ccccc1C(=O)OCCCCCCCC.[O]=[Ti]. The minimum atomic E-state index is -0.444. The topological polar surface area (TPSA) is 69.7 Å². The van der Waals surface area contributed by atoms with Gasteiger partial charge in [-0.25, -0.2) is 9.59 Å². The summed E-state index contributed by atoms with van der Waals surface area (Å²) in [5, 5.41) is 0. The second kappa shape index (κ2) is 20.9. The van der Waals surface area contributed by atoms with Crippen LogP contribution >= 0.6 is 0 Å². The van der Waals surface area contributed by atoms with Gasteiger partial charge in [0, 0.05) is 0 Å². The Kier molecular flexibility index (Phi) is 20.0. The Hall–Kier alpha value is -1.33. The molecule has 1 aromatic carbocycles. The van der Waals surface area contributed by atoms with Crippen molar-refractivity contribution in [1.82, 2.24) is 0 Å². The summed E-state index contributed by atoms with van der Waals surface area (Å²) >= 11 is 0.750. The van der Waals surface area contributed by atoms with Gasteiger partial charge in [0.1, 0.15) is 0 Å². The van der Waals surface area contributed by atoms with Crippen LogP contribution in [0.25, 0.3) is 0 Å². The molecule has 6 heteroatoms. The van der Waals surface area contributed by atoms with Crippen molar-refractivity contribution in [2.75, 3.05) is 13.2 Å². The van der Waals surface area contributed by atoms with E-state index in [-0.39, 0.29) is 0 Å². The quantitative estimate of drug-likeness (QED) is 0.160. The molecule has 0 saturated carbocycles. The molecule has 0 N–H and O–H groups in total. The predicted molar refractivity (Wildman–Crippen MR) is 114 cm³/mol. The summed E-state index contributed by atoms with van der Waals surface area (Å²) in [6.45, 7) is 5.17. The van der Waals surface area contributed by atoms with Gasteiger partial charge in [-0.15, -0.1) is 0 Å². The number of hydrogen-bond donors (Lipinski definition) is 0. The zero-order valence-electron chi connectivity index (χ0n) is 18.8. The Morgan fingerprint density at radius 3 is 1.33 bits per heavy atom. The summed E-state index contributed by atoms with van der Waals surface area (Å²) in [7, 11) is 0. The zero-order chi connectivity index (χ0) is 22.5. The summed E-state index contributed by atoms with van der Waals surface area (Å²) < 4.78 is 19.0. The van der Waals surface area contributed by atoms with Crippen LogP contribution in [0.4, 0.5) is 0 Å². The molecule has 0 unspecified atom stereocenters. The van der Waals surface area contributed by atoms with Gasteiger partial charge in [-0.1, -0.05) is 90.2 Å². The fraction of sp³-hybridized carbons (Fsp3) is 0.667. The van der Waals surface area contributed by atoms with Crippen molar-refractivity contribution in [1.29, 1.82) is 0 Å². The molecular weight excluding hydrogens is 416 g/mol. The Morgan fingerprint density at radius 2 is 0.967 bits per heavy atom. The van der Waals surface area contributed by atoms with Crippen molar-refractivity contribution in [3.8, 4) is 0 Å². The molecule has 1 aromatic rings. The van der Waals surface area contributed by atoms with Gasteiger partial charge < -0.3 is 9.47 Å². The van der Waals surface area contributed by atoms with E-state index >= 15 is 0 Å². The molecule has 30 heavy (non-hydrogen) atoms. The van der Waals surface area contributed by atoms with E-state index in [0.717, 1.165) is 46.1 Å². The molecule has 0 saturated heterocycles. The molecule has 0 atom stereocenters. The molecule has 0 fully saturated rings.